The topological polar surface area (TPSA) is 47.8 Å². The van der Waals surface area contributed by atoms with Crippen molar-refractivity contribution in [3.05, 3.63) is 101 Å². The molecule has 0 bridgehead atoms. The van der Waals surface area contributed by atoms with E-state index >= 15 is 0 Å². The van der Waals surface area contributed by atoms with Gasteiger partial charge in [0.05, 0.1) is 11.0 Å². The fourth-order valence-electron chi connectivity index (χ4n) is 3.57. The highest BCUT2D eigenvalue weighted by atomic mass is 79.9. The van der Waals surface area contributed by atoms with Crippen LogP contribution in [-0.4, -0.2) is 20.3 Å². The molecule has 5 aromatic rings. The summed E-state index contributed by atoms with van der Waals surface area (Å²) in [6.45, 7) is 0. The van der Waals surface area contributed by atoms with E-state index < -0.39 is 0 Å². The lowest BCUT2D eigenvalue weighted by molar-refractivity contribution is 0.104. The lowest BCUT2D eigenvalue weighted by Crippen LogP contribution is -2.06. The minimum atomic E-state index is -0.0295. The SMILES string of the molecule is O=C(c1ccc(Br)cc1)c1cccc2c3ccccc3n(-c3ncccn3)c12. The van der Waals surface area contributed by atoms with E-state index in [1.165, 1.54) is 0 Å². The predicted molar refractivity (Wildman–Crippen MR) is 114 cm³/mol. The number of benzene rings is 3. The third kappa shape index (κ3) is 2.63. The standard InChI is InChI=1S/C23H14BrN3O/c24-16-11-9-15(10-12-16)22(28)19-7-3-6-18-17-5-1-2-8-20(17)27(21(18)19)23-25-13-4-14-26-23/h1-14H. The highest BCUT2D eigenvalue weighted by molar-refractivity contribution is 9.10. The Labute approximate surface area is 169 Å². The molecule has 0 saturated heterocycles. The van der Waals surface area contributed by atoms with Crippen LogP contribution in [0.15, 0.2) is 89.7 Å². The van der Waals surface area contributed by atoms with Crippen LogP contribution in [0.25, 0.3) is 27.8 Å². The fraction of sp³-hybridized carbons (Fsp3) is 0. The number of aromatic nitrogens is 3. The average Bonchev–Trinajstić information content (AvgIpc) is 3.09. The molecule has 0 aliphatic carbocycles. The molecule has 4 nitrogen and oxygen atoms in total. The maximum atomic E-state index is 13.4. The zero-order chi connectivity index (χ0) is 19.1. The molecule has 2 heterocycles. The Morgan fingerprint density at radius 1 is 0.786 bits per heavy atom. The summed E-state index contributed by atoms with van der Waals surface area (Å²) in [5.74, 6) is 0.517. The van der Waals surface area contributed by atoms with E-state index in [1.807, 2.05) is 65.2 Å². The van der Waals surface area contributed by atoms with E-state index in [0.717, 1.165) is 26.3 Å². The van der Waals surface area contributed by atoms with Crippen molar-refractivity contribution in [1.82, 2.24) is 14.5 Å². The van der Waals surface area contributed by atoms with Crippen LogP contribution >= 0.6 is 15.9 Å². The van der Waals surface area contributed by atoms with Crippen molar-refractivity contribution in [1.29, 1.82) is 0 Å². The zero-order valence-electron chi connectivity index (χ0n) is 14.7. The van der Waals surface area contributed by atoms with Crippen LogP contribution in [0, 0.1) is 0 Å². The molecule has 0 amide bonds. The van der Waals surface area contributed by atoms with Crippen molar-refractivity contribution in [2.75, 3.05) is 0 Å². The fourth-order valence-corrected chi connectivity index (χ4v) is 3.84. The van der Waals surface area contributed by atoms with Crippen molar-refractivity contribution >= 4 is 43.5 Å². The Hall–Kier alpha value is -3.31. The van der Waals surface area contributed by atoms with E-state index in [-0.39, 0.29) is 5.78 Å². The first-order chi connectivity index (χ1) is 13.7. The Kier molecular flexibility index (Phi) is 4.02. The number of hydrogen-bond acceptors (Lipinski definition) is 3. The second-order valence-electron chi connectivity index (χ2n) is 6.44. The molecule has 0 saturated carbocycles. The van der Waals surface area contributed by atoms with Crippen molar-refractivity contribution in [3.8, 4) is 5.95 Å². The molecule has 3 aromatic carbocycles. The van der Waals surface area contributed by atoms with Gasteiger partial charge in [-0.15, -0.1) is 0 Å². The monoisotopic (exact) mass is 427 g/mol. The minimum Gasteiger partial charge on any atom is -0.289 e. The van der Waals surface area contributed by atoms with Crippen LogP contribution in [0.5, 0.6) is 0 Å². The molecule has 134 valence electrons. The highest BCUT2D eigenvalue weighted by Gasteiger charge is 2.20. The Morgan fingerprint density at radius 2 is 1.50 bits per heavy atom. The molecule has 28 heavy (non-hydrogen) atoms. The molecule has 0 aliphatic heterocycles. The number of halogens is 1. The van der Waals surface area contributed by atoms with Gasteiger partial charge in [-0.25, -0.2) is 9.97 Å². The predicted octanol–water partition coefficient (Wildman–Crippen LogP) is 5.57. The third-order valence-electron chi connectivity index (χ3n) is 4.80. The third-order valence-corrected chi connectivity index (χ3v) is 5.33. The quantitative estimate of drug-likeness (QED) is 0.353. The number of nitrogens with zero attached hydrogens (tertiary/aromatic N) is 3. The average molecular weight is 428 g/mol. The summed E-state index contributed by atoms with van der Waals surface area (Å²) in [7, 11) is 0. The van der Waals surface area contributed by atoms with E-state index in [4.69, 9.17) is 0 Å². The van der Waals surface area contributed by atoms with Crippen molar-refractivity contribution < 1.29 is 4.79 Å². The summed E-state index contributed by atoms with van der Waals surface area (Å²) in [6.07, 6.45) is 3.42. The number of hydrogen-bond donors (Lipinski definition) is 0. The van der Waals surface area contributed by atoms with Gasteiger partial charge in [0.2, 0.25) is 5.95 Å². The van der Waals surface area contributed by atoms with E-state index in [9.17, 15) is 4.79 Å². The summed E-state index contributed by atoms with van der Waals surface area (Å²) in [5, 5.41) is 2.07. The summed E-state index contributed by atoms with van der Waals surface area (Å²) in [6, 6.07) is 23.1. The van der Waals surface area contributed by atoms with Gasteiger partial charge in [0.1, 0.15) is 0 Å². The molecule has 0 fully saturated rings. The first-order valence-electron chi connectivity index (χ1n) is 8.84. The van der Waals surface area contributed by atoms with Gasteiger partial charge in [-0.2, -0.15) is 0 Å². The molecular weight excluding hydrogens is 414 g/mol. The molecule has 0 unspecified atom stereocenters. The van der Waals surface area contributed by atoms with E-state index in [1.54, 1.807) is 18.5 Å². The Morgan fingerprint density at radius 3 is 2.29 bits per heavy atom. The van der Waals surface area contributed by atoms with Gasteiger partial charge in [0.15, 0.2) is 5.78 Å². The zero-order valence-corrected chi connectivity index (χ0v) is 16.3. The maximum absolute atomic E-state index is 13.4. The molecule has 5 heteroatoms. The number of ketones is 1. The van der Waals surface area contributed by atoms with Gasteiger partial charge in [-0.3, -0.25) is 9.36 Å². The van der Waals surface area contributed by atoms with E-state index in [2.05, 4.69) is 32.0 Å². The highest BCUT2D eigenvalue weighted by Crippen LogP contribution is 2.33. The lowest BCUT2D eigenvalue weighted by atomic mass is 10.0. The molecule has 0 spiro atoms. The van der Waals surface area contributed by atoms with Crippen molar-refractivity contribution in [3.63, 3.8) is 0 Å². The van der Waals surface area contributed by atoms with Gasteiger partial charge < -0.3 is 0 Å². The summed E-state index contributed by atoms with van der Waals surface area (Å²) < 4.78 is 2.91. The smallest absolute Gasteiger partial charge is 0.234 e. The van der Waals surface area contributed by atoms with Gasteiger partial charge in [-0.05, 0) is 42.5 Å². The largest absolute Gasteiger partial charge is 0.289 e. The van der Waals surface area contributed by atoms with E-state index in [0.29, 0.717) is 17.1 Å². The number of fused-ring (bicyclic) bond motifs is 3. The molecule has 0 radical (unpaired) electrons. The van der Waals surface area contributed by atoms with Crippen molar-refractivity contribution in [2.24, 2.45) is 0 Å². The molecule has 0 atom stereocenters. The first-order valence-corrected chi connectivity index (χ1v) is 9.63. The second kappa shape index (κ2) is 6.69. The van der Waals surface area contributed by atoms with Gasteiger partial charge >= 0.3 is 0 Å². The van der Waals surface area contributed by atoms with Crippen LogP contribution in [-0.2, 0) is 0 Å². The molecule has 2 aromatic heterocycles. The van der Waals surface area contributed by atoms with Crippen LogP contribution in [0.1, 0.15) is 15.9 Å². The van der Waals surface area contributed by atoms with Crippen LogP contribution in [0.2, 0.25) is 0 Å². The van der Waals surface area contributed by atoms with Gasteiger partial charge in [-0.1, -0.05) is 46.3 Å². The lowest BCUT2D eigenvalue weighted by Gasteiger charge is -2.09. The number of rotatable bonds is 3. The normalized spacial score (nSPS) is 11.2. The number of para-hydroxylation sites is 2. The van der Waals surface area contributed by atoms with Gasteiger partial charge in [0, 0.05) is 38.8 Å². The number of carbonyl (C=O) groups is 1. The minimum absolute atomic E-state index is 0.0295. The molecular formula is C23H14BrN3O. The molecule has 5 rings (SSSR count). The van der Waals surface area contributed by atoms with Crippen LogP contribution < -0.4 is 0 Å². The van der Waals surface area contributed by atoms with Crippen molar-refractivity contribution in [2.45, 2.75) is 0 Å². The molecule has 0 aliphatic rings. The Balaban J connectivity index is 1.87. The first kappa shape index (κ1) is 16.8. The van der Waals surface area contributed by atoms with Crippen LogP contribution in [0.3, 0.4) is 0 Å². The van der Waals surface area contributed by atoms with Gasteiger partial charge in [0.25, 0.3) is 0 Å². The summed E-state index contributed by atoms with van der Waals surface area (Å²) >= 11 is 3.42. The van der Waals surface area contributed by atoms with Crippen LogP contribution in [0.4, 0.5) is 0 Å². The second-order valence-corrected chi connectivity index (χ2v) is 7.35. The molecule has 0 N–H and O–H groups in total. The Bertz CT molecular complexity index is 1330. The summed E-state index contributed by atoms with van der Waals surface area (Å²) in [5.41, 5.74) is 3.06. The summed E-state index contributed by atoms with van der Waals surface area (Å²) in [4.78, 5) is 22.2. The maximum Gasteiger partial charge on any atom is 0.234 e. The number of carbonyl (C=O) groups excluding carboxylic acids is 1.